The first-order chi connectivity index (χ1) is 9.75. The van der Waals surface area contributed by atoms with Crippen molar-refractivity contribution in [1.29, 1.82) is 0 Å². The van der Waals surface area contributed by atoms with Crippen LogP contribution in [0.5, 0.6) is 0 Å². The van der Waals surface area contributed by atoms with Gasteiger partial charge in [-0.05, 0) is 54.3 Å². The first-order valence-corrected chi connectivity index (χ1v) is 6.44. The summed E-state index contributed by atoms with van der Waals surface area (Å²) in [6.45, 7) is 1.76. The van der Waals surface area contributed by atoms with Crippen molar-refractivity contribution in [2.75, 3.05) is 0 Å². The molecule has 21 heavy (non-hydrogen) atoms. The predicted octanol–water partition coefficient (Wildman–Crippen LogP) is 4.40. The molecule has 0 saturated carbocycles. The lowest BCUT2D eigenvalue weighted by Gasteiger charge is -2.14. The molecular formula is C16H15F4N. The Morgan fingerprint density at radius 1 is 1.05 bits per heavy atom. The minimum absolute atomic E-state index is 0.348. The van der Waals surface area contributed by atoms with Crippen LogP contribution in [0, 0.1) is 12.7 Å². The summed E-state index contributed by atoms with van der Waals surface area (Å²) in [5.74, 6) is -0.368. The van der Waals surface area contributed by atoms with E-state index in [2.05, 4.69) is 0 Å². The second kappa shape index (κ2) is 5.85. The summed E-state index contributed by atoms with van der Waals surface area (Å²) >= 11 is 0. The minimum atomic E-state index is -4.35. The van der Waals surface area contributed by atoms with Crippen molar-refractivity contribution in [3.05, 3.63) is 70.5 Å². The molecular weight excluding hydrogens is 282 g/mol. The number of halogens is 4. The van der Waals surface area contributed by atoms with Crippen LogP contribution < -0.4 is 5.73 Å². The molecule has 2 aromatic carbocycles. The standard InChI is InChI=1S/C16H15F4N/c1-10-6-12(9-14(17)7-10)15(21)8-11-2-4-13(5-3-11)16(18,19)20/h2-7,9,15H,8,21H2,1H3. The van der Waals surface area contributed by atoms with Gasteiger partial charge in [0.15, 0.2) is 0 Å². The summed E-state index contributed by atoms with van der Waals surface area (Å²) in [4.78, 5) is 0. The maximum atomic E-state index is 13.3. The highest BCUT2D eigenvalue weighted by Gasteiger charge is 2.29. The number of hydrogen-bond acceptors (Lipinski definition) is 1. The first kappa shape index (κ1) is 15.5. The molecule has 0 aliphatic carbocycles. The van der Waals surface area contributed by atoms with Gasteiger partial charge in [0.05, 0.1) is 5.56 Å². The minimum Gasteiger partial charge on any atom is -0.324 e. The summed E-state index contributed by atoms with van der Waals surface area (Å²) in [6, 6.07) is 8.91. The van der Waals surface area contributed by atoms with Crippen LogP contribution in [-0.4, -0.2) is 0 Å². The molecule has 1 unspecified atom stereocenters. The number of aryl methyl sites for hydroxylation is 1. The Kier molecular flexibility index (Phi) is 4.32. The maximum Gasteiger partial charge on any atom is 0.416 e. The molecule has 2 rings (SSSR count). The van der Waals surface area contributed by atoms with Crippen molar-refractivity contribution in [1.82, 2.24) is 0 Å². The second-order valence-corrected chi connectivity index (χ2v) is 5.07. The topological polar surface area (TPSA) is 26.0 Å². The van der Waals surface area contributed by atoms with Crippen molar-refractivity contribution in [2.24, 2.45) is 5.73 Å². The zero-order valence-corrected chi connectivity index (χ0v) is 11.4. The number of nitrogens with two attached hydrogens (primary N) is 1. The van der Waals surface area contributed by atoms with Crippen LogP contribution in [-0.2, 0) is 12.6 Å². The van der Waals surface area contributed by atoms with Gasteiger partial charge in [0, 0.05) is 6.04 Å². The highest BCUT2D eigenvalue weighted by Crippen LogP contribution is 2.29. The average Bonchev–Trinajstić information content (AvgIpc) is 2.37. The van der Waals surface area contributed by atoms with Gasteiger partial charge < -0.3 is 5.73 Å². The highest BCUT2D eigenvalue weighted by atomic mass is 19.4. The quantitative estimate of drug-likeness (QED) is 0.835. The molecule has 0 saturated heterocycles. The Morgan fingerprint density at radius 2 is 1.67 bits per heavy atom. The van der Waals surface area contributed by atoms with Crippen LogP contribution in [0.2, 0.25) is 0 Å². The zero-order valence-electron chi connectivity index (χ0n) is 11.4. The third-order valence-corrected chi connectivity index (χ3v) is 3.23. The van der Waals surface area contributed by atoms with Gasteiger partial charge in [-0.25, -0.2) is 4.39 Å². The van der Waals surface area contributed by atoms with Gasteiger partial charge >= 0.3 is 6.18 Å². The van der Waals surface area contributed by atoms with E-state index in [4.69, 9.17) is 5.73 Å². The number of rotatable bonds is 3. The number of hydrogen-bond donors (Lipinski definition) is 1. The summed E-state index contributed by atoms with van der Waals surface area (Å²) in [5.41, 5.74) is 7.37. The molecule has 0 aliphatic rings. The smallest absolute Gasteiger partial charge is 0.324 e. The first-order valence-electron chi connectivity index (χ1n) is 6.44. The van der Waals surface area contributed by atoms with E-state index in [0.29, 0.717) is 17.5 Å². The summed E-state index contributed by atoms with van der Waals surface area (Å²) in [6.07, 6.45) is -4.00. The maximum absolute atomic E-state index is 13.3. The zero-order chi connectivity index (χ0) is 15.6. The number of benzene rings is 2. The molecule has 0 fully saturated rings. The van der Waals surface area contributed by atoms with E-state index in [1.54, 1.807) is 13.0 Å². The molecule has 2 N–H and O–H groups in total. The lowest BCUT2D eigenvalue weighted by atomic mass is 9.97. The fourth-order valence-electron chi connectivity index (χ4n) is 2.18. The molecule has 112 valence electrons. The largest absolute Gasteiger partial charge is 0.416 e. The molecule has 0 radical (unpaired) electrons. The van der Waals surface area contributed by atoms with E-state index in [9.17, 15) is 17.6 Å². The van der Waals surface area contributed by atoms with Crippen LogP contribution in [0.15, 0.2) is 42.5 Å². The van der Waals surface area contributed by atoms with Gasteiger partial charge in [-0.2, -0.15) is 13.2 Å². The van der Waals surface area contributed by atoms with E-state index in [0.717, 1.165) is 17.7 Å². The second-order valence-electron chi connectivity index (χ2n) is 5.07. The van der Waals surface area contributed by atoms with Crippen LogP contribution >= 0.6 is 0 Å². The Labute approximate surface area is 120 Å². The predicted molar refractivity (Wildman–Crippen MR) is 73.2 cm³/mol. The summed E-state index contributed by atoms with van der Waals surface area (Å²) in [5, 5.41) is 0. The lowest BCUT2D eigenvalue weighted by Crippen LogP contribution is -2.14. The molecule has 0 aliphatic heterocycles. The molecule has 2 aromatic rings. The molecule has 0 heterocycles. The van der Waals surface area contributed by atoms with Crippen molar-refractivity contribution in [2.45, 2.75) is 25.6 Å². The van der Waals surface area contributed by atoms with Crippen molar-refractivity contribution < 1.29 is 17.6 Å². The van der Waals surface area contributed by atoms with Gasteiger partial charge in [-0.1, -0.05) is 18.2 Å². The Bertz CT molecular complexity index is 597. The highest BCUT2D eigenvalue weighted by molar-refractivity contribution is 5.30. The van der Waals surface area contributed by atoms with Crippen LogP contribution in [0.4, 0.5) is 17.6 Å². The molecule has 1 atom stereocenters. The van der Waals surface area contributed by atoms with Gasteiger partial charge in [-0.15, -0.1) is 0 Å². The van der Waals surface area contributed by atoms with Crippen molar-refractivity contribution in [3.8, 4) is 0 Å². The Hall–Kier alpha value is -1.88. The third-order valence-electron chi connectivity index (χ3n) is 3.23. The lowest BCUT2D eigenvalue weighted by molar-refractivity contribution is -0.137. The molecule has 5 heteroatoms. The SMILES string of the molecule is Cc1cc(F)cc(C(N)Cc2ccc(C(F)(F)F)cc2)c1. The average molecular weight is 297 g/mol. The van der Waals surface area contributed by atoms with E-state index in [1.807, 2.05) is 0 Å². The summed E-state index contributed by atoms with van der Waals surface area (Å²) in [7, 11) is 0. The fraction of sp³-hybridized carbons (Fsp3) is 0.250. The normalized spacial score (nSPS) is 13.2. The third kappa shape index (κ3) is 4.04. The van der Waals surface area contributed by atoms with E-state index < -0.39 is 17.8 Å². The van der Waals surface area contributed by atoms with Crippen molar-refractivity contribution >= 4 is 0 Å². The number of alkyl halides is 3. The molecule has 0 amide bonds. The van der Waals surface area contributed by atoms with Gasteiger partial charge in [-0.3, -0.25) is 0 Å². The Balaban J connectivity index is 2.14. The van der Waals surface area contributed by atoms with Crippen LogP contribution in [0.1, 0.15) is 28.3 Å². The van der Waals surface area contributed by atoms with E-state index >= 15 is 0 Å². The van der Waals surface area contributed by atoms with E-state index in [-0.39, 0.29) is 5.82 Å². The monoisotopic (exact) mass is 297 g/mol. The van der Waals surface area contributed by atoms with Crippen LogP contribution in [0.25, 0.3) is 0 Å². The van der Waals surface area contributed by atoms with Gasteiger partial charge in [0.2, 0.25) is 0 Å². The molecule has 0 bridgehead atoms. The van der Waals surface area contributed by atoms with Crippen molar-refractivity contribution in [3.63, 3.8) is 0 Å². The molecule has 0 aromatic heterocycles. The van der Waals surface area contributed by atoms with E-state index in [1.165, 1.54) is 24.3 Å². The molecule has 1 nitrogen and oxygen atoms in total. The fourth-order valence-corrected chi connectivity index (χ4v) is 2.18. The summed E-state index contributed by atoms with van der Waals surface area (Å²) < 4.78 is 50.7. The molecule has 0 spiro atoms. The van der Waals surface area contributed by atoms with Gasteiger partial charge in [0.1, 0.15) is 5.82 Å². The van der Waals surface area contributed by atoms with Crippen LogP contribution in [0.3, 0.4) is 0 Å². The Morgan fingerprint density at radius 3 is 2.19 bits per heavy atom. The van der Waals surface area contributed by atoms with Gasteiger partial charge in [0.25, 0.3) is 0 Å².